The van der Waals surface area contributed by atoms with Gasteiger partial charge in [0.25, 0.3) is 0 Å². The van der Waals surface area contributed by atoms with E-state index in [0.29, 0.717) is 25.0 Å². The first kappa shape index (κ1) is 23.3. The predicted molar refractivity (Wildman–Crippen MR) is 118 cm³/mol. The van der Waals surface area contributed by atoms with Crippen molar-refractivity contribution in [2.75, 3.05) is 33.5 Å². The Morgan fingerprint density at radius 2 is 1.66 bits per heavy atom. The van der Waals surface area contributed by atoms with Gasteiger partial charge in [-0.2, -0.15) is 0 Å². The highest BCUT2D eigenvalue weighted by Gasteiger charge is 2.22. The van der Waals surface area contributed by atoms with Crippen LogP contribution in [0.4, 0.5) is 0 Å². The van der Waals surface area contributed by atoms with Gasteiger partial charge in [-0.15, -0.1) is 0 Å². The van der Waals surface area contributed by atoms with E-state index in [1.165, 1.54) is 25.7 Å². The first-order chi connectivity index (χ1) is 14.0. The number of aryl methyl sites for hydroxylation is 2. The number of benzene rings is 1. The number of nitrogens with zero attached hydrogens (tertiary/aromatic N) is 1. The number of oxime groups is 1. The van der Waals surface area contributed by atoms with Crippen LogP contribution in [0.1, 0.15) is 50.7 Å². The fourth-order valence-electron chi connectivity index (χ4n) is 3.78. The molecule has 1 aromatic rings. The predicted octanol–water partition coefficient (Wildman–Crippen LogP) is 5.48. The van der Waals surface area contributed by atoms with Crippen molar-refractivity contribution in [3.63, 3.8) is 0 Å². The third kappa shape index (κ3) is 8.09. The summed E-state index contributed by atoms with van der Waals surface area (Å²) in [5.41, 5.74) is 3.14. The lowest BCUT2D eigenvalue weighted by atomic mass is 9.83. The van der Waals surface area contributed by atoms with Crippen LogP contribution >= 0.6 is 0 Å². The van der Waals surface area contributed by atoms with Gasteiger partial charge in [-0.3, -0.25) is 0 Å². The molecule has 5 nitrogen and oxygen atoms in total. The molecule has 5 heteroatoms. The molecule has 0 unspecified atom stereocenters. The normalized spacial score (nSPS) is 20.1. The first-order valence-corrected chi connectivity index (χ1v) is 10.7. The highest BCUT2D eigenvalue weighted by Crippen LogP contribution is 2.32. The van der Waals surface area contributed by atoms with Gasteiger partial charge in [-0.05, 0) is 88.5 Å². The lowest BCUT2D eigenvalue weighted by Gasteiger charge is -2.28. The van der Waals surface area contributed by atoms with E-state index < -0.39 is 0 Å². The molecule has 1 fully saturated rings. The van der Waals surface area contributed by atoms with E-state index in [9.17, 15) is 0 Å². The maximum atomic E-state index is 6.23. The second-order valence-electron chi connectivity index (χ2n) is 7.99. The zero-order valence-corrected chi connectivity index (χ0v) is 18.7. The van der Waals surface area contributed by atoms with Crippen LogP contribution in [0.15, 0.2) is 29.4 Å². The molecule has 29 heavy (non-hydrogen) atoms. The van der Waals surface area contributed by atoms with E-state index in [-0.39, 0.29) is 0 Å². The minimum atomic E-state index is 0.546. The highest BCUT2D eigenvalue weighted by molar-refractivity contribution is 5.82. The van der Waals surface area contributed by atoms with Gasteiger partial charge in [0, 0.05) is 6.61 Å². The summed E-state index contributed by atoms with van der Waals surface area (Å²) in [5.74, 6) is 3.16. The summed E-state index contributed by atoms with van der Waals surface area (Å²) >= 11 is 0. The van der Waals surface area contributed by atoms with Gasteiger partial charge >= 0.3 is 0 Å². The molecule has 0 aliphatic heterocycles. The van der Waals surface area contributed by atoms with Crippen molar-refractivity contribution in [2.45, 2.75) is 53.4 Å². The van der Waals surface area contributed by atoms with E-state index in [1.54, 1.807) is 7.11 Å². The van der Waals surface area contributed by atoms with Crippen molar-refractivity contribution in [1.29, 1.82) is 0 Å². The fourth-order valence-corrected chi connectivity index (χ4v) is 3.78. The molecule has 0 aromatic heterocycles. The Kier molecular flexibility index (Phi) is 10.1. The minimum absolute atomic E-state index is 0.546. The van der Waals surface area contributed by atoms with Gasteiger partial charge < -0.3 is 19.0 Å². The maximum absolute atomic E-state index is 6.23. The quantitative estimate of drug-likeness (QED) is 0.279. The minimum Gasteiger partial charge on any atom is -0.493 e. The van der Waals surface area contributed by atoms with Crippen LogP contribution < -0.4 is 9.47 Å². The lowest BCUT2D eigenvalue weighted by Crippen LogP contribution is -2.23. The van der Waals surface area contributed by atoms with Crippen LogP contribution in [0.25, 0.3) is 0 Å². The van der Waals surface area contributed by atoms with E-state index >= 15 is 0 Å². The molecule has 0 amide bonds. The molecule has 162 valence electrons. The van der Waals surface area contributed by atoms with Gasteiger partial charge in [0.1, 0.15) is 25.2 Å². The summed E-state index contributed by atoms with van der Waals surface area (Å²) < 4.78 is 17.8. The Morgan fingerprint density at radius 1 is 1.03 bits per heavy atom. The molecule has 0 spiro atoms. The molecule has 0 saturated heterocycles. The monoisotopic (exact) mass is 403 g/mol. The number of rotatable bonds is 11. The van der Waals surface area contributed by atoms with E-state index in [0.717, 1.165) is 41.6 Å². The summed E-state index contributed by atoms with van der Waals surface area (Å²) in [4.78, 5) is 4.75. The molecular weight excluding hydrogens is 366 g/mol. The second kappa shape index (κ2) is 12.5. The molecule has 0 radical (unpaired) electrons. The van der Waals surface area contributed by atoms with Gasteiger partial charge in [-0.25, -0.2) is 0 Å². The summed E-state index contributed by atoms with van der Waals surface area (Å²) in [7, 11) is 1.56. The van der Waals surface area contributed by atoms with Crippen molar-refractivity contribution in [3.8, 4) is 11.5 Å². The van der Waals surface area contributed by atoms with Crippen LogP contribution in [0, 0.1) is 25.7 Å². The van der Waals surface area contributed by atoms with Crippen LogP contribution in [0.3, 0.4) is 0 Å². The first-order valence-electron chi connectivity index (χ1n) is 10.7. The van der Waals surface area contributed by atoms with Crippen molar-refractivity contribution in [3.05, 3.63) is 35.4 Å². The Labute approximate surface area is 176 Å². The summed E-state index contributed by atoms with van der Waals surface area (Å²) in [6.45, 7) is 10.8. The van der Waals surface area contributed by atoms with Gasteiger partial charge in [0.05, 0.1) is 18.9 Å². The van der Waals surface area contributed by atoms with Crippen LogP contribution in [-0.2, 0) is 9.57 Å². The molecule has 0 heterocycles. The molecule has 1 aromatic carbocycles. The zero-order chi connectivity index (χ0) is 21.1. The van der Waals surface area contributed by atoms with Crippen LogP contribution in [0.2, 0.25) is 0 Å². The summed E-state index contributed by atoms with van der Waals surface area (Å²) in [6.07, 6.45) is 8.79. The highest BCUT2D eigenvalue weighted by atomic mass is 16.6. The van der Waals surface area contributed by atoms with Gasteiger partial charge in [-0.1, -0.05) is 17.3 Å². The Balaban J connectivity index is 1.74. The van der Waals surface area contributed by atoms with Crippen molar-refractivity contribution in [1.82, 2.24) is 0 Å². The van der Waals surface area contributed by atoms with Crippen LogP contribution in [0.5, 0.6) is 11.5 Å². The molecule has 0 bridgehead atoms. The lowest BCUT2D eigenvalue weighted by molar-refractivity contribution is 0.0904. The van der Waals surface area contributed by atoms with Crippen molar-refractivity contribution >= 4 is 5.71 Å². The third-order valence-corrected chi connectivity index (χ3v) is 5.36. The largest absolute Gasteiger partial charge is 0.493 e. The molecule has 0 atom stereocenters. The van der Waals surface area contributed by atoms with E-state index in [1.807, 2.05) is 26.0 Å². The number of allylic oxidation sites excluding steroid dienone is 1. The van der Waals surface area contributed by atoms with Crippen molar-refractivity contribution in [2.24, 2.45) is 17.0 Å². The molecule has 2 rings (SSSR count). The van der Waals surface area contributed by atoms with Gasteiger partial charge in [0.2, 0.25) is 0 Å². The maximum Gasteiger partial charge on any atom is 0.125 e. The second-order valence-corrected chi connectivity index (χ2v) is 7.99. The molecule has 1 saturated carbocycles. The van der Waals surface area contributed by atoms with Gasteiger partial charge in [0.15, 0.2) is 0 Å². The third-order valence-electron chi connectivity index (χ3n) is 5.36. The molecular formula is C24H37NO4. The Bertz CT molecular complexity index is 652. The van der Waals surface area contributed by atoms with E-state index in [4.69, 9.17) is 19.0 Å². The number of hydrogen-bond acceptors (Lipinski definition) is 5. The van der Waals surface area contributed by atoms with E-state index in [2.05, 4.69) is 31.1 Å². The summed E-state index contributed by atoms with van der Waals surface area (Å²) in [5, 5.41) is 3.87. The fraction of sp³-hybridized carbons (Fsp3) is 0.625. The molecule has 1 aliphatic carbocycles. The smallest absolute Gasteiger partial charge is 0.125 e. The van der Waals surface area contributed by atoms with Crippen LogP contribution in [-0.4, -0.2) is 39.2 Å². The topological polar surface area (TPSA) is 49.3 Å². The number of hydrogen-bond donors (Lipinski definition) is 0. The Hall–Kier alpha value is -2.01. The SMILES string of the molecule is C/C=C/COc1cc(C)c(OCC2CCC(COC/C(C)=N\OC)CC2)c(C)c1. The average molecular weight is 404 g/mol. The standard InChI is InChI=1S/C24H37NO4/c1-6-7-12-28-23-13-18(2)24(19(3)14-23)29-17-22-10-8-21(9-11-22)16-27-15-20(4)25-26-5/h6-7,13-14,21-22H,8-12,15-17H2,1-5H3/b7-6+,25-20-. The Morgan fingerprint density at radius 3 is 2.24 bits per heavy atom. The molecule has 1 aliphatic rings. The summed E-state index contributed by atoms with van der Waals surface area (Å²) in [6, 6.07) is 4.13. The van der Waals surface area contributed by atoms with Crippen molar-refractivity contribution < 1.29 is 19.0 Å². The molecule has 0 N–H and O–H groups in total. The number of ether oxygens (including phenoxy) is 3. The zero-order valence-electron chi connectivity index (χ0n) is 18.7. The average Bonchev–Trinajstić information content (AvgIpc) is 2.69.